The first-order chi connectivity index (χ1) is 14.8. The van der Waals surface area contributed by atoms with E-state index in [9.17, 15) is 0 Å². The SMILES string of the molecule is C=C1CCCC(N(C)CC(=C\CC)/C=C(\N=C(C)C)N2CCN(C)CC2)/C1=C(/C)CC. The summed E-state index contributed by atoms with van der Waals surface area (Å²) >= 11 is 0. The van der Waals surface area contributed by atoms with Gasteiger partial charge in [0.05, 0.1) is 0 Å². The van der Waals surface area contributed by atoms with Crippen LogP contribution in [0.25, 0.3) is 0 Å². The first-order valence-corrected chi connectivity index (χ1v) is 12.2. The van der Waals surface area contributed by atoms with Crippen LogP contribution in [0.2, 0.25) is 0 Å². The van der Waals surface area contributed by atoms with Crippen molar-refractivity contribution in [1.82, 2.24) is 14.7 Å². The van der Waals surface area contributed by atoms with Crippen LogP contribution in [0.1, 0.15) is 66.7 Å². The van der Waals surface area contributed by atoms with Gasteiger partial charge in [0.15, 0.2) is 0 Å². The lowest BCUT2D eigenvalue weighted by Crippen LogP contribution is -2.43. The molecule has 2 aliphatic rings. The molecule has 1 atom stereocenters. The van der Waals surface area contributed by atoms with Crippen LogP contribution in [-0.4, -0.2) is 73.3 Å². The third-order valence-corrected chi connectivity index (χ3v) is 6.57. The molecule has 0 bridgehead atoms. The van der Waals surface area contributed by atoms with Gasteiger partial charge in [0.25, 0.3) is 0 Å². The Labute approximate surface area is 192 Å². The number of piperazine rings is 1. The van der Waals surface area contributed by atoms with E-state index in [1.165, 1.54) is 35.1 Å². The maximum absolute atomic E-state index is 4.94. The van der Waals surface area contributed by atoms with E-state index in [0.717, 1.165) is 63.5 Å². The second-order valence-corrected chi connectivity index (χ2v) is 9.51. The van der Waals surface area contributed by atoms with Crippen molar-refractivity contribution >= 4 is 5.71 Å². The molecule has 1 unspecified atom stereocenters. The average molecular weight is 427 g/mol. The fourth-order valence-corrected chi connectivity index (χ4v) is 4.70. The highest BCUT2D eigenvalue weighted by atomic mass is 15.3. The van der Waals surface area contributed by atoms with Crippen molar-refractivity contribution < 1.29 is 0 Å². The Bertz CT molecular complexity index is 728. The largest absolute Gasteiger partial charge is 0.354 e. The van der Waals surface area contributed by atoms with E-state index in [4.69, 9.17) is 4.99 Å². The topological polar surface area (TPSA) is 22.1 Å². The average Bonchev–Trinajstić information content (AvgIpc) is 2.72. The highest BCUT2D eigenvalue weighted by molar-refractivity contribution is 5.80. The van der Waals surface area contributed by atoms with E-state index in [-0.39, 0.29) is 0 Å². The van der Waals surface area contributed by atoms with Crippen molar-refractivity contribution in [3.8, 4) is 0 Å². The van der Waals surface area contributed by atoms with Gasteiger partial charge in [-0.05, 0) is 84.2 Å². The number of likely N-dealkylation sites (N-methyl/N-ethyl adjacent to an activating group) is 2. The highest BCUT2D eigenvalue weighted by Gasteiger charge is 2.27. The number of nitrogens with zero attached hydrogens (tertiary/aromatic N) is 4. The van der Waals surface area contributed by atoms with E-state index in [1.807, 2.05) is 0 Å². The normalized spacial score (nSPS) is 23.4. The van der Waals surface area contributed by atoms with E-state index >= 15 is 0 Å². The molecule has 0 aromatic carbocycles. The first kappa shape index (κ1) is 25.6. The van der Waals surface area contributed by atoms with Crippen molar-refractivity contribution in [3.63, 3.8) is 0 Å². The summed E-state index contributed by atoms with van der Waals surface area (Å²) in [6, 6.07) is 0.471. The Balaban J connectivity index is 2.28. The molecular weight excluding hydrogens is 380 g/mol. The van der Waals surface area contributed by atoms with Gasteiger partial charge in [0.1, 0.15) is 5.82 Å². The summed E-state index contributed by atoms with van der Waals surface area (Å²) in [5, 5.41) is 0. The van der Waals surface area contributed by atoms with Crippen molar-refractivity contribution in [1.29, 1.82) is 0 Å². The molecule has 1 saturated carbocycles. The summed E-state index contributed by atoms with van der Waals surface area (Å²) in [4.78, 5) is 12.3. The van der Waals surface area contributed by atoms with Crippen LogP contribution in [0.4, 0.5) is 0 Å². The third-order valence-electron chi connectivity index (χ3n) is 6.57. The molecule has 2 rings (SSSR count). The van der Waals surface area contributed by atoms with Gasteiger partial charge < -0.3 is 9.80 Å². The fourth-order valence-electron chi connectivity index (χ4n) is 4.70. The van der Waals surface area contributed by atoms with Crippen LogP contribution >= 0.6 is 0 Å². The zero-order chi connectivity index (χ0) is 23.0. The van der Waals surface area contributed by atoms with Crippen molar-refractivity contribution in [2.75, 3.05) is 46.8 Å². The Morgan fingerprint density at radius 3 is 2.42 bits per heavy atom. The lowest BCUT2D eigenvalue weighted by molar-refractivity contribution is 0.185. The maximum Gasteiger partial charge on any atom is 0.128 e. The summed E-state index contributed by atoms with van der Waals surface area (Å²) in [7, 11) is 4.49. The zero-order valence-electron chi connectivity index (χ0n) is 21.3. The molecular formula is C27H46N4. The van der Waals surface area contributed by atoms with Gasteiger partial charge in [-0.15, -0.1) is 0 Å². The van der Waals surface area contributed by atoms with E-state index in [2.05, 4.69) is 82.1 Å². The Morgan fingerprint density at radius 2 is 1.84 bits per heavy atom. The summed E-state index contributed by atoms with van der Waals surface area (Å²) in [6.07, 6.45) is 10.5. The molecule has 31 heavy (non-hydrogen) atoms. The Morgan fingerprint density at radius 1 is 1.16 bits per heavy atom. The molecule has 4 nitrogen and oxygen atoms in total. The molecule has 0 spiro atoms. The summed E-state index contributed by atoms with van der Waals surface area (Å²) in [5.74, 6) is 1.12. The predicted octanol–water partition coefficient (Wildman–Crippen LogP) is 5.66. The quantitative estimate of drug-likeness (QED) is 0.369. The molecule has 1 heterocycles. The smallest absolute Gasteiger partial charge is 0.128 e. The molecule has 4 heteroatoms. The van der Waals surface area contributed by atoms with Gasteiger partial charge in [-0.1, -0.05) is 37.6 Å². The molecule has 0 amide bonds. The van der Waals surface area contributed by atoms with Gasteiger partial charge in [-0.3, -0.25) is 4.90 Å². The Hall–Kier alpha value is -1.65. The highest BCUT2D eigenvalue weighted by Crippen LogP contribution is 2.34. The molecule has 1 saturated heterocycles. The van der Waals surface area contributed by atoms with Gasteiger partial charge in [0, 0.05) is 44.5 Å². The molecule has 2 fully saturated rings. The van der Waals surface area contributed by atoms with Crippen LogP contribution in [0.15, 0.2) is 51.8 Å². The second kappa shape index (κ2) is 12.4. The van der Waals surface area contributed by atoms with E-state index in [1.54, 1.807) is 0 Å². The monoisotopic (exact) mass is 426 g/mol. The summed E-state index contributed by atoms with van der Waals surface area (Å²) in [5.41, 5.74) is 6.85. The van der Waals surface area contributed by atoms with Gasteiger partial charge in [-0.2, -0.15) is 0 Å². The van der Waals surface area contributed by atoms with Gasteiger partial charge >= 0.3 is 0 Å². The molecule has 0 aromatic heterocycles. The van der Waals surface area contributed by atoms with Crippen LogP contribution < -0.4 is 0 Å². The molecule has 1 aliphatic heterocycles. The lowest BCUT2D eigenvalue weighted by Gasteiger charge is -2.37. The second-order valence-electron chi connectivity index (χ2n) is 9.51. The van der Waals surface area contributed by atoms with Gasteiger partial charge in [-0.25, -0.2) is 4.99 Å². The third kappa shape index (κ3) is 7.47. The first-order valence-electron chi connectivity index (χ1n) is 12.2. The maximum atomic E-state index is 4.94. The zero-order valence-corrected chi connectivity index (χ0v) is 21.3. The molecule has 0 aromatic rings. The van der Waals surface area contributed by atoms with Crippen LogP contribution in [-0.2, 0) is 0 Å². The van der Waals surface area contributed by atoms with Crippen molar-refractivity contribution in [2.45, 2.75) is 72.8 Å². The standard InChI is InChI=1S/C27H46N4/c1-9-12-24(19-26(28-21(3)4)31-17-15-29(7)16-18-31)20-30(8)25-14-11-13-23(6)27(25)22(5)10-2/h12,19,25H,6,9-11,13-18,20H2,1-5,7-8H3/b24-12-,26-19+,27-22-. The number of aliphatic imine (C=N–C) groups is 1. The lowest BCUT2D eigenvalue weighted by atomic mass is 9.82. The molecule has 1 aliphatic carbocycles. The van der Waals surface area contributed by atoms with E-state index < -0.39 is 0 Å². The molecule has 0 radical (unpaired) electrons. The fraction of sp³-hybridized carbons (Fsp3) is 0.667. The van der Waals surface area contributed by atoms with Crippen molar-refractivity contribution in [2.24, 2.45) is 4.99 Å². The number of rotatable bonds is 8. The number of hydrogen-bond donors (Lipinski definition) is 0. The van der Waals surface area contributed by atoms with Crippen LogP contribution in [0.5, 0.6) is 0 Å². The predicted molar refractivity (Wildman–Crippen MR) is 137 cm³/mol. The van der Waals surface area contributed by atoms with Crippen LogP contribution in [0.3, 0.4) is 0 Å². The summed E-state index contributed by atoms with van der Waals surface area (Å²) in [6.45, 7) is 20.6. The minimum Gasteiger partial charge on any atom is -0.354 e. The molecule has 174 valence electrons. The number of allylic oxidation sites excluding steroid dienone is 2. The molecule has 0 N–H and O–H groups in total. The van der Waals surface area contributed by atoms with E-state index in [0.29, 0.717) is 6.04 Å². The minimum absolute atomic E-state index is 0.471. The minimum atomic E-state index is 0.471. The summed E-state index contributed by atoms with van der Waals surface area (Å²) < 4.78 is 0. The van der Waals surface area contributed by atoms with Crippen molar-refractivity contribution in [3.05, 3.63) is 46.8 Å². The van der Waals surface area contributed by atoms with Gasteiger partial charge in [0.2, 0.25) is 0 Å². The number of hydrogen-bond acceptors (Lipinski definition) is 4. The van der Waals surface area contributed by atoms with Crippen LogP contribution in [0, 0.1) is 0 Å². The Kier molecular flexibility index (Phi) is 10.2.